The predicted molar refractivity (Wildman–Crippen MR) is 357 cm³/mol. The molecule has 8 unspecified atom stereocenters. The lowest BCUT2D eigenvalue weighted by Crippen LogP contribution is -2.61. The van der Waals surface area contributed by atoms with Crippen molar-refractivity contribution < 1.29 is 49.3 Å². The zero-order valence-electron chi connectivity index (χ0n) is 55.8. The molecule has 500 valence electrons. The summed E-state index contributed by atoms with van der Waals surface area (Å²) in [6.07, 6.45) is 66.3. The van der Waals surface area contributed by atoms with Gasteiger partial charge in [-0.1, -0.05) is 333 Å². The summed E-state index contributed by atoms with van der Waals surface area (Å²) in [7, 11) is 0. The van der Waals surface area contributed by atoms with Gasteiger partial charge in [-0.25, -0.2) is 0 Å². The predicted octanol–water partition coefficient (Wildman–Crippen LogP) is 19.0. The molecule has 1 heterocycles. The van der Waals surface area contributed by atoms with Gasteiger partial charge in [-0.3, -0.25) is 9.59 Å². The minimum atomic E-state index is -1.61. The molecule has 0 bridgehead atoms. The van der Waals surface area contributed by atoms with Crippen LogP contribution in [0.2, 0.25) is 0 Å². The van der Waals surface area contributed by atoms with Crippen LogP contribution in [0.25, 0.3) is 0 Å². The normalized spacial score (nSPS) is 18.5. The van der Waals surface area contributed by atoms with E-state index in [-0.39, 0.29) is 19.4 Å². The zero-order valence-corrected chi connectivity index (χ0v) is 55.8. The number of carbonyl (C=O) groups excluding carboxylic acids is 2. The van der Waals surface area contributed by atoms with Crippen LogP contribution < -0.4 is 5.32 Å². The zero-order chi connectivity index (χ0) is 61.7. The van der Waals surface area contributed by atoms with E-state index < -0.39 is 67.4 Å². The first kappa shape index (κ1) is 80.9. The van der Waals surface area contributed by atoms with Crippen molar-refractivity contribution in [1.29, 1.82) is 0 Å². The molecule has 1 fully saturated rings. The first-order valence-electron chi connectivity index (χ1n) is 36.8. The molecule has 11 nitrogen and oxygen atoms in total. The van der Waals surface area contributed by atoms with Gasteiger partial charge >= 0.3 is 5.97 Å². The summed E-state index contributed by atoms with van der Waals surface area (Å²) in [5.41, 5.74) is 0. The van der Waals surface area contributed by atoms with Crippen LogP contribution in [0, 0.1) is 0 Å². The Morgan fingerprint density at radius 2 is 0.812 bits per heavy atom. The highest BCUT2D eigenvalue weighted by atomic mass is 16.7. The summed E-state index contributed by atoms with van der Waals surface area (Å²) in [5, 5.41) is 57.2. The van der Waals surface area contributed by atoms with E-state index in [1.807, 2.05) is 6.08 Å². The lowest BCUT2D eigenvalue weighted by Gasteiger charge is -2.41. The lowest BCUT2D eigenvalue weighted by atomic mass is 9.99. The molecule has 11 heteroatoms. The molecule has 8 atom stereocenters. The molecule has 6 N–H and O–H groups in total. The second-order valence-corrected chi connectivity index (χ2v) is 25.7. The van der Waals surface area contributed by atoms with E-state index in [0.29, 0.717) is 12.8 Å². The van der Waals surface area contributed by atoms with Crippen LogP contribution in [0.4, 0.5) is 0 Å². The molecule has 1 saturated heterocycles. The minimum absolute atomic E-state index is 0.129. The number of aliphatic hydroxyl groups excluding tert-OH is 5. The Hall–Kier alpha value is -2.12. The number of aliphatic hydroxyl groups is 5. The maximum atomic E-state index is 13.5. The molecule has 0 aromatic rings. The molecule has 1 rings (SSSR count). The third-order valence-electron chi connectivity index (χ3n) is 17.5. The van der Waals surface area contributed by atoms with Crippen LogP contribution in [-0.4, -0.2) is 99.6 Å². The van der Waals surface area contributed by atoms with Crippen molar-refractivity contribution in [2.24, 2.45) is 0 Å². The minimum Gasteiger partial charge on any atom is -0.454 e. The Morgan fingerprint density at radius 3 is 1.22 bits per heavy atom. The lowest BCUT2D eigenvalue weighted by molar-refractivity contribution is -0.305. The van der Waals surface area contributed by atoms with Gasteiger partial charge in [0.1, 0.15) is 24.4 Å². The number of allylic oxidation sites excluding steroid dienone is 5. The Kier molecular flexibility index (Phi) is 59.1. The molecule has 0 saturated carbocycles. The van der Waals surface area contributed by atoms with E-state index in [9.17, 15) is 35.1 Å². The summed E-state index contributed by atoms with van der Waals surface area (Å²) in [5.74, 6) is -1.18. The van der Waals surface area contributed by atoms with Crippen LogP contribution in [0.1, 0.15) is 361 Å². The number of unbranched alkanes of at least 4 members (excludes halogenated alkanes) is 46. The van der Waals surface area contributed by atoms with Crippen molar-refractivity contribution in [3.05, 3.63) is 36.5 Å². The van der Waals surface area contributed by atoms with Crippen molar-refractivity contribution in [1.82, 2.24) is 5.32 Å². The fourth-order valence-corrected chi connectivity index (χ4v) is 11.7. The molecule has 1 aliphatic heterocycles. The third kappa shape index (κ3) is 49.4. The summed E-state index contributed by atoms with van der Waals surface area (Å²) < 4.78 is 17.7. The van der Waals surface area contributed by atoms with Gasteiger partial charge in [0.25, 0.3) is 0 Å². The number of amides is 1. The quantitative estimate of drug-likeness (QED) is 0.0195. The molecule has 0 aromatic carbocycles. The average Bonchev–Trinajstić information content (AvgIpc) is 3.51. The summed E-state index contributed by atoms with van der Waals surface area (Å²) in [4.78, 5) is 26.7. The van der Waals surface area contributed by atoms with Gasteiger partial charge < -0.3 is 45.1 Å². The van der Waals surface area contributed by atoms with Crippen LogP contribution in [0.5, 0.6) is 0 Å². The Balaban J connectivity index is 2.50. The Bertz CT molecular complexity index is 1520. The molecule has 85 heavy (non-hydrogen) atoms. The van der Waals surface area contributed by atoms with Gasteiger partial charge in [-0.05, 0) is 57.8 Å². The Labute approximate surface area is 523 Å². The van der Waals surface area contributed by atoms with E-state index in [4.69, 9.17) is 14.2 Å². The van der Waals surface area contributed by atoms with Crippen LogP contribution in [0.3, 0.4) is 0 Å². The van der Waals surface area contributed by atoms with Crippen LogP contribution in [-0.2, 0) is 23.8 Å². The van der Waals surface area contributed by atoms with E-state index in [1.165, 1.54) is 244 Å². The second kappa shape index (κ2) is 62.1. The highest BCUT2D eigenvalue weighted by Gasteiger charge is 2.47. The van der Waals surface area contributed by atoms with Crippen molar-refractivity contribution >= 4 is 11.9 Å². The number of carbonyl (C=O) groups is 2. The molecule has 0 aliphatic carbocycles. The Morgan fingerprint density at radius 1 is 0.459 bits per heavy atom. The monoisotopic (exact) mass is 1200 g/mol. The van der Waals surface area contributed by atoms with Gasteiger partial charge in [-0.2, -0.15) is 0 Å². The van der Waals surface area contributed by atoms with E-state index in [1.54, 1.807) is 6.08 Å². The summed E-state index contributed by atoms with van der Waals surface area (Å²) in [6, 6.07) is -1.02. The molecular weight excluding hydrogens is 1060 g/mol. The summed E-state index contributed by atoms with van der Waals surface area (Å²) >= 11 is 0. The number of hydrogen-bond donors (Lipinski definition) is 6. The fraction of sp³-hybridized carbons (Fsp3) is 0.892. The first-order chi connectivity index (χ1) is 41.7. The molecule has 0 aromatic heterocycles. The van der Waals surface area contributed by atoms with Crippen molar-refractivity contribution in [2.75, 3.05) is 13.2 Å². The highest BCUT2D eigenvalue weighted by Crippen LogP contribution is 2.27. The second-order valence-electron chi connectivity index (χ2n) is 25.7. The van der Waals surface area contributed by atoms with E-state index in [2.05, 4.69) is 50.4 Å². The number of ether oxygens (including phenoxy) is 3. The number of hydrogen-bond acceptors (Lipinski definition) is 10. The number of rotatable bonds is 64. The smallest absolute Gasteiger partial charge is 0.306 e. The van der Waals surface area contributed by atoms with Gasteiger partial charge in [0.2, 0.25) is 5.91 Å². The van der Waals surface area contributed by atoms with Crippen molar-refractivity contribution in [2.45, 2.75) is 410 Å². The molecular formula is C74H139NO10. The van der Waals surface area contributed by atoms with Crippen molar-refractivity contribution in [3.8, 4) is 0 Å². The highest BCUT2D eigenvalue weighted by molar-refractivity contribution is 5.80. The molecule has 0 spiro atoms. The largest absolute Gasteiger partial charge is 0.454 e. The average molecular weight is 1200 g/mol. The molecule has 1 amide bonds. The maximum absolute atomic E-state index is 13.5. The maximum Gasteiger partial charge on any atom is 0.306 e. The fourth-order valence-electron chi connectivity index (χ4n) is 11.7. The molecule has 1 aliphatic rings. The number of esters is 1. The van der Waals surface area contributed by atoms with E-state index in [0.717, 1.165) is 70.6 Å². The van der Waals surface area contributed by atoms with Gasteiger partial charge in [0.15, 0.2) is 12.4 Å². The first-order valence-corrected chi connectivity index (χ1v) is 36.8. The van der Waals surface area contributed by atoms with Gasteiger partial charge in [-0.15, -0.1) is 0 Å². The topological polar surface area (TPSA) is 175 Å². The SMILES string of the molecule is CCCCC/C=C\C/C=C\CCCCCCCCCCC(O)C(=O)NC(COC1OC(CO)C(O)C(O)C1OC(=O)CCCCCCCCCCCCCCCCCCCCCCCCCCCCC)C(O)/C=C/CCCCCCCCCCC. The van der Waals surface area contributed by atoms with Crippen molar-refractivity contribution in [3.63, 3.8) is 0 Å². The van der Waals surface area contributed by atoms with Gasteiger partial charge in [0, 0.05) is 6.42 Å². The standard InChI is InChI=1S/C74H139NO10/c1-4-7-10-13-16-19-22-24-26-28-30-31-32-33-34-35-36-37-38-40-42-44-47-50-53-56-59-62-69(79)85-72-71(81)70(80)68(63-76)84-74(72)83-64-65(66(77)60-57-54-51-48-45-21-18-15-12-9-6-3)75-73(82)67(78)61-58-55-52-49-46-43-41-39-29-27-25-23-20-17-14-11-8-5-2/h17,20,25,27,57,60,65-68,70-72,74,76-78,80-81H,4-16,18-19,21-24,26,28-56,58-59,61-64H2,1-3H3,(H,75,82)/b20-17-,27-25-,60-57+. The van der Waals surface area contributed by atoms with E-state index >= 15 is 0 Å². The van der Waals surface area contributed by atoms with Crippen LogP contribution >= 0.6 is 0 Å². The third-order valence-corrected chi connectivity index (χ3v) is 17.5. The summed E-state index contributed by atoms with van der Waals surface area (Å²) in [6.45, 7) is 5.81. The van der Waals surface area contributed by atoms with Gasteiger partial charge in [0.05, 0.1) is 25.4 Å². The number of nitrogens with one attached hydrogen (secondary N) is 1. The molecule has 0 radical (unpaired) electrons. The van der Waals surface area contributed by atoms with Crippen LogP contribution in [0.15, 0.2) is 36.5 Å².